The van der Waals surface area contributed by atoms with Crippen LogP contribution in [0.3, 0.4) is 0 Å². The van der Waals surface area contributed by atoms with Gasteiger partial charge in [-0.15, -0.1) is 11.6 Å². The molecule has 1 fully saturated rings. The Morgan fingerprint density at radius 1 is 1.55 bits per heavy atom. The maximum absolute atomic E-state index is 11.9. The molecule has 1 aliphatic heterocycles. The van der Waals surface area contributed by atoms with E-state index in [2.05, 4.69) is 0 Å². The van der Waals surface area contributed by atoms with Gasteiger partial charge in [0.1, 0.15) is 5.78 Å². The van der Waals surface area contributed by atoms with Crippen LogP contribution in [0.15, 0.2) is 0 Å². The minimum Gasteiger partial charge on any atom is -0.391 e. The fraction of sp³-hybridized carbons (Fsp3) is 0.929. The summed E-state index contributed by atoms with van der Waals surface area (Å²) < 4.78 is 11.1. The highest BCUT2D eigenvalue weighted by atomic mass is 35.5. The summed E-state index contributed by atoms with van der Waals surface area (Å²) in [5.41, 5.74) is 0. The van der Waals surface area contributed by atoms with E-state index in [4.69, 9.17) is 21.1 Å². The van der Waals surface area contributed by atoms with Crippen molar-refractivity contribution in [3.63, 3.8) is 0 Å². The Hall–Kier alpha value is 0.190. The van der Waals surface area contributed by atoms with Crippen molar-refractivity contribution >= 4 is 29.1 Å². The van der Waals surface area contributed by atoms with Crippen molar-refractivity contribution in [1.82, 2.24) is 0 Å². The molecule has 118 valence electrons. The molecule has 20 heavy (non-hydrogen) atoms. The number of alkyl halides is 1. The van der Waals surface area contributed by atoms with Crippen LogP contribution in [-0.2, 0) is 14.3 Å². The summed E-state index contributed by atoms with van der Waals surface area (Å²) in [6.07, 6.45) is 1.93. The largest absolute Gasteiger partial charge is 0.391 e. The highest BCUT2D eigenvalue weighted by Crippen LogP contribution is 2.28. The Bertz CT molecular complexity index is 324. The van der Waals surface area contributed by atoms with E-state index in [-0.39, 0.29) is 11.9 Å². The van der Waals surface area contributed by atoms with Crippen molar-refractivity contribution in [3.05, 3.63) is 0 Å². The highest BCUT2D eigenvalue weighted by Gasteiger charge is 2.36. The van der Waals surface area contributed by atoms with Gasteiger partial charge in [0.15, 0.2) is 5.79 Å². The second-order valence-electron chi connectivity index (χ2n) is 5.69. The molecule has 3 unspecified atom stereocenters. The van der Waals surface area contributed by atoms with Gasteiger partial charge in [-0.05, 0) is 32.3 Å². The maximum atomic E-state index is 11.9. The van der Waals surface area contributed by atoms with E-state index in [0.29, 0.717) is 19.4 Å². The number of carbonyl (C=O) groups excluding carboxylic acids is 1. The molecule has 0 aromatic carbocycles. The van der Waals surface area contributed by atoms with Crippen LogP contribution in [0.2, 0.25) is 0 Å². The van der Waals surface area contributed by atoms with Gasteiger partial charge in [0.05, 0.1) is 24.2 Å². The first-order valence-corrected chi connectivity index (χ1v) is 8.75. The van der Waals surface area contributed by atoms with Gasteiger partial charge in [-0.2, -0.15) is 11.8 Å². The van der Waals surface area contributed by atoms with Gasteiger partial charge in [0.25, 0.3) is 0 Å². The molecule has 6 heteroatoms. The van der Waals surface area contributed by atoms with Crippen molar-refractivity contribution in [2.75, 3.05) is 18.6 Å². The first kappa shape index (κ1) is 18.2. The number of halogens is 1. The van der Waals surface area contributed by atoms with Gasteiger partial charge in [-0.3, -0.25) is 4.79 Å². The standard InChI is InChI=1S/C14H25ClO4S/c1-9(12(16)5-6-20-4)13(17)11(15)7-10-8-18-14(2,3)19-10/h9-11,13,17H,5-8H2,1-4H3/t9-,10?,11?,13?/m0/s1. The molecule has 0 radical (unpaired) electrons. The van der Waals surface area contributed by atoms with Gasteiger partial charge in [0, 0.05) is 12.3 Å². The molecule has 0 spiro atoms. The minimum absolute atomic E-state index is 0.0569. The first-order valence-electron chi connectivity index (χ1n) is 6.92. The third-order valence-corrected chi connectivity index (χ3v) is 4.55. The van der Waals surface area contributed by atoms with Crippen molar-refractivity contribution in [1.29, 1.82) is 0 Å². The van der Waals surface area contributed by atoms with Crippen LogP contribution in [0.25, 0.3) is 0 Å². The molecule has 1 aliphatic rings. The van der Waals surface area contributed by atoms with Gasteiger partial charge in [-0.25, -0.2) is 0 Å². The van der Waals surface area contributed by atoms with Crippen molar-refractivity contribution in [2.45, 2.75) is 57.0 Å². The fourth-order valence-electron chi connectivity index (χ4n) is 2.20. The molecule has 0 aromatic heterocycles. The van der Waals surface area contributed by atoms with Crippen LogP contribution < -0.4 is 0 Å². The van der Waals surface area contributed by atoms with E-state index < -0.39 is 23.2 Å². The number of aliphatic hydroxyl groups is 1. The van der Waals surface area contributed by atoms with Gasteiger partial charge >= 0.3 is 0 Å². The molecule has 4 atom stereocenters. The molecule has 0 bridgehead atoms. The van der Waals surface area contributed by atoms with E-state index in [1.165, 1.54) is 0 Å². The molecule has 4 nitrogen and oxygen atoms in total. The molecule has 1 heterocycles. The zero-order chi connectivity index (χ0) is 15.3. The van der Waals surface area contributed by atoms with Crippen molar-refractivity contribution in [3.8, 4) is 0 Å². The van der Waals surface area contributed by atoms with E-state index >= 15 is 0 Å². The predicted molar refractivity (Wildman–Crippen MR) is 82.3 cm³/mol. The molecular formula is C14H25ClO4S. The fourth-order valence-corrected chi connectivity index (χ4v) is 3.03. The molecular weight excluding hydrogens is 300 g/mol. The van der Waals surface area contributed by atoms with Gasteiger partial charge < -0.3 is 14.6 Å². The average molecular weight is 325 g/mol. The minimum atomic E-state index is -0.849. The molecule has 0 aromatic rings. The molecule has 1 N–H and O–H groups in total. The number of Topliss-reactive ketones (excluding diaryl/α,β-unsaturated/α-hetero) is 1. The lowest BCUT2D eigenvalue weighted by molar-refractivity contribution is -0.140. The molecule has 0 saturated carbocycles. The summed E-state index contributed by atoms with van der Waals surface area (Å²) in [6, 6.07) is 0. The highest BCUT2D eigenvalue weighted by molar-refractivity contribution is 7.98. The Labute approximate surface area is 130 Å². The Kier molecular flexibility index (Phi) is 7.29. The number of rotatable bonds is 8. The zero-order valence-corrected chi connectivity index (χ0v) is 14.2. The normalized spacial score (nSPS) is 26.2. The number of aliphatic hydroxyl groups excluding tert-OH is 1. The average Bonchev–Trinajstić information content (AvgIpc) is 2.73. The van der Waals surface area contributed by atoms with Gasteiger partial charge in [-0.1, -0.05) is 6.92 Å². The van der Waals surface area contributed by atoms with E-state index in [9.17, 15) is 9.90 Å². The van der Waals surface area contributed by atoms with Crippen molar-refractivity contribution < 1.29 is 19.4 Å². The van der Waals surface area contributed by atoms with E-state index in [1.54, 1.807) is 18.7 Å². The number of thioether (sulfide) groups is 1. The smallest absolute Gasteiger partial charge is 0.163 e. The Morgan fingerprint density at radius 2 is 2.20 bits per heavy atom. The molecule has 1 rings (SSSR count). The number of hydrogen-bond acceptors (Lipinski definition) is 5. The van der Waals surface area contributed by atoms with E-state index in [0.717, 1.165) is 5.75 Å². The summed E-state index contributed by atoms with van der Waals surface area (Å²) in [5, 5.41) is 9.68. The lowest BCUT2D eigenvalue weighted by Gasteiger charge is -2.24. The van der Waals surface area contributed by atoms with Gasteiger partial charge in [0.2, 0.25) is 0 Å². The first-order chi connectivity index (χ1) is 9.26. The van der Waals surface area contributed by atoms with Crippen LogP contribution in [0.5, 0.6) is 0 Å². The predicted octanol–water partition coefficient (Wildman–Crippen LogP) is 2.45. The number of hydrogen-bond donors (Lipinski definition) is 1. The summed E-state index contributed by atoms with van der Waals surface area (Å²) in [6.45, 7) is 5.90. The Balaban J connectivity index is 2.42. The van der Waals surface area contributed by atoms with E-state index in [1.807, 2.05) is 20.1 Å². The third-order valence-electron chi connectivity index (χ3n) is 3.50. The summed E-state index contributed by atoms with van der Waals surface area (Å²) in [7, 11) is 0. The van der Waals surface area contributed by atoms with Crippen LogP contribution in [0.1, 0.15) is 33.6 Å². The second-order valence-corrected chi connectivity index (χ2v) is 7.24. The Morgan fingerprint density at radius 3 is 2.70 bits per heavy atom. The molecule has 1 saturated heterocycles. The molecule has 0 amide bonds. The topological polar surface area (TPSA) is 55.8 Å². The molecule has 0 aliphatic carbocycles. The second kappa shape index (κ2) is 7.99. The SMILES string of the molecule is CSCCC(=O)[C@H](C)C(O)C(Cl)CC1COC(C)(C)O1. The van der Waals surface area contributed by atoms with Crippen molar-refractivity contribution in [2.24, 2.45) is 5.92 Å². The lowest BCUT2D eigenvalue weighted by Crippen LogP contribution is -2.36. The van der Waals surface area contributed by atoms with Crippen LogP contribution >= 0.6 is 23.4 Å². The number of carbonyl (C=O) groups is 1. The summed E-state index contributed by atoms with van der Waals surface area (Å²) >= 11 is 7.86. The van der Waals surface area contributed by atoms with Crippen LogP contribution in [0, 0.1) is 5.92 Å². The monoisotopic (exact) mass is 324 g/mol. The number of ether oxygens (including phenoxy) is 2. The zero-order valence-electron chi connectivity index (χ0n) is 12.6. The van der Waals surface area contributed by atoms with Crippen LogP contribution in [-0.4, -0.2) is 52.9 Å². The quantitative estimate of drug-likeness (QED) is 0.695. The lowest BCUT2D eigenvalue weighted by atomic mass is 9.93. The number of ketones is 1. The summed E-state index contributed by atoms with van der Waals surface area (Å²) in [4.78, 5) is 11.9. The maximum Gasteiger partial charge on any atom is 0.163 e. The van der Waals surface area contributed by atoms with Crippen LogP contribution in [0.4, 0.5) is 0 Å². The third kappa shape index (κ3) is 5.53. The summed E-state index contributed by atoms with van der Waals surface area (Å²) in [5.74, 6) is -0.204.